The number of nitrogens with one attached hydrogen (secondary N) is 1. The van der Waals surface area contributed by atoms with E-state index >= 15 is 0 Å². The summed E-state index contributed by atoms with van der Waals surface area (Å²) in [7, 11) is 1.89. The molecule has 0 aliphatic rings. The smallest absolute Gasteiger partial charge is 0.132 e. The van der Waals surface area contributed by atoms with Gasteiger partial charge in [-0.1, -0.05) is 6.07 Å². The van der Waals surface area contributed by atoms with Gasteiger partial charge in [0.25, 0.3) is 0 Å². The van der Waals surface area contributed by atoms with Crippen molar-refractivity contribution in [2.24, 2.45) is 0 Å². The highest BCUT2D eigenvalue weighted by atomic mass is 19.1. The van der Waals surface area contributed by atoms with E-state index in [2.05, 4.69) is 31.1 Å². The molecule has 2 rings (SSSR count). The van der Waals surface area contributed by atoms with Gasteiger partial charge in [-0.05, 0) is 56.7 Å². The lowest BCUT2D eigenvalue weighted by Gasteiger charge is -2.22. The largest absolute Gasteiger partial charge is 0.329 e. The van der Waals surface area contributed by atoms with Crippen LogP contribution in [0, 0.1) is 5.82 Å². The molecule has 21 heavy (non-hydrogen) atoms. The predicted octanol–water partition coefficient (Wildman–Crippen LogP) is 3.88. The minimum atomic E-state index is -0.245. The SMILES string of the molecule is CN(c1cccc(F)c1)c1cc(CNC(C)(C)C)ccn1. The van der Waals surface area contributed by atoms with Crippen LogP contribution in [0.5, 0.6) is 0 Å². The molecule has 1 aromatic heterocycles. The summed E-state index contributed by atoms with van der Waals surface area (Å²) in [4.78, 5) is 6.24. The second-order valence-electron chi connectivity index (χ2n) is 6.16. The highest BCUT2D eigenvalue weighted by Gasteiger charge is 2.10. The molecule has 2 aromatic rings. The van der Waals surface area contributed by atoms with Crippen LogP contribution < -0.4 is 10.2 Å². The van der Waals surface area contributed by atoms with Crippen LogP contribution in [-0.4, -0.2) is 17.6 Å². The zero-order valence-corrected chi connectivity index (χ0v) is 13.0. The van der Waals surface area contributed by atoms with Crippen LogP contribution in [-0.2, 0) is 6.54 Å². The Bertz CT molecular complexity index is 605. The molecule has 0 fully saturated rings. The minimum Gasteiger partial charge on any atom is -0.329 e. The molecule has 0 saturated heterocycles. The van der Waals surface area contributed by atoms with Crippen LogP contribution >= 0.6 is 0 Å². The van der Waals surface area contributed by atoms with E-state index in [4.69, 9.17) is 0 Å². The van der Waals surface area contributed by atoms with Gasteiger partial charge in [0.05, 0.1) is 0 Å². The molecule has 0 aliphatic carbocycles. The first-order valence-corrected chi connectivity index (χ1v) is 7.04. The second-order valence-corrected chi connectivity index (χ2v) is 6.16. The Balaban J connectivity index is 2.17. The summed E-state index contributed by atoms with van der Waals surface area (Å²) < 4.78 is 13.3. The van der Waals surface area contributed by atoms with Crippen LogP contribution in [0.25, 0.3) is 0 Å². The number of halogens is 1. The first-order valence-electron chi connectivity index (χ1n) is 7.04. The average molecular weight is 287 g/mol. The van der Waals surface area contributed by atoms with Crippen LogP contribution in [0.3, 0.4) is 0 Å². The van der Waals surface area contributed by atoms with Crippen molar-refractivity contribution in [2.45, 2.75) is 32.9 Å². The summed E-state index contributed by atoms with van der Waals surface area (Å²) in [6.45, 7) is 7.17. The van der Waals surface area contributed by atoms with Crippen molar-refractivity contribution < 1.29 is 4.39 Å². The molecule has 0 bridgehead atoms. The van der Waals surface area contributed by atoms with Gasteiger partial charge in [0.1, 0.15) is 11.6 Å². The third-order valence-corrected chi connectivity index (χ3v) is 3.17. The van der Waals surface area contributed by atoms with Gasteiger partial charge in [0.2, 0.25) is 0 Å². The maximum atomic E-state index is 13.3. The van der Waals surface area contributed by atoms with E-state index in [1.165, 1.54) is 12.1 Å². The fraction of sp³-hybridized carbons (Fsp3) is 0.353. The highest BCUT2D eigenvalue weighted by molar-refractivity contribution is 5.59. The van der Waals surface area contributed by atoms with E-state index in [1.807, 2.05) is 30.1 Å². The Morgan fingerprint density at radius 2 is 1.95 bits per heavy atom. The number of rotatable bonds is 4. The van der Waals surface area contributed by atoms with Crippen LogP contribution in [0.2, 0.25) is 0 Å². The number of benzene rings is 1. The summed E-state index contributed by atoms with van der Waals surface area (Å²) in [5.74, 6) is 0.554. The zero-order valence-electron chi connectivity index (χ0n) is 13.0. The summed E-state index contributed by atoms with van der Waals surface area (Å²) in [5, 5.41) is 3.45. The van der Waals surface area contributed by atoms with Gasteiger partial charge in [-0.25, -0.2) is 9.37 Å². The molecular formula is C17H22FN3. The van der Waals surface area contributed by atoms with E-state index in [0.717, 1.165) is 23.6 Å². The van der Waals surface area contributed by atoms with Gasteiger partial charge in [0, 0.05) is 31.0 Å². The molecule has 1 heterocycles. The van der Waals surface area contributed by atoms with Gasteiger partial charge in [0.15, 0.2) is 0 Å². The van der Waals surface area contributed by atoms with E-state index in [1.54, 1.807) is 12.3 Å². The molecule has 0 radical (unpaired) electrons. The van der Waals surface area contributed by atoms with E-state index < -0.39 is 0 Å². The van der Waals surface area contributed by atoms with Crippen molar-refractivity contribution in [1.82, 2.24) is 10.3 Å². The lowest BCUT2D eigenvalue weighted by molar-refractivity contribution is 0.424. The molecule has 1 N–H and O–H groups in total. The number of hydrogen-bond donors (Lipinski definition) is 1. The molecule has 0 saturated carbocycles. The summed E-state index contributed by atoms with van der Waals surface area (Å²) in [5.41, 5.74) is 2.00. The number of anilines is 2. The van der Waals surface area contributed by atoms with Gasteiger partial charge < -0.3 is 10.2 Å². The Morgan fingerprint density at radius 3 is 2.62 bits per heavy atom. The Labute approximate surface area is 125 Å². The fourth-order valence-electron chi connectivity index (χ4n) is 1.94. The lowest BCUT2D eigenvalue weighted by atomic mass is 10.1. The van der Waals surface area contributed by atoms with E-state index in [0.29, 0.717) is 0 Å². The summed E-state index contributed by atoms with van der Waals surface area (Å²) >= 11 is 0. The number of hydrogen-bond acceptors (Lipinski definition) is 3. The Hall–Kier alpha value is -1.94. The van der Waals surface area contributed by atoms with Crippen molar-refractivity contribution in [3.63, 3.8) is 0 Å². The number of nitrogens with zero attached hydrogens (tertiary/aromatic N) is 2. The zero-order chi connectivity index (χ0) is 15.5. The maximum Gasteiger partial charge on any atom is 0.132 e. The third-order valence-electron chi connectivity index (χ3n) is 3.17. The monoisotopic (exact) mass is 287 g/mol. The predicted molar refractivity (Wildman–Crippen MR) is 85.3 cm³/mol. The van der Waals surface area contributed by atoms with Gasteiger partial charge >= 0.3 is 0 Å². The molecule has 3 nitrogen and oxygen atoms in total. The van der Waals surface area contributed by atoms with Gasteiger partial charge in [-0.2, -0.15) is 0 Å². The van der Waals surface area contributed by atoms with Gasteiger partial charge in [-0.15, -0.1) is 0 Å². The average Bonchev–Trinajstić information content (AvgIpc) is 2.44. The highest BCUT2D eigenvalue weighted by Crippen LogP contribution is 2.22. The van der Waals surface area contributed by atoms with E-state index in [9.17, 15) is 4.39 Å². The van der Waals surface area contributed by atoms with Crippen LogP contribution in [0.4, 0.5) is 15.9 Å². The fourth-order valence-corrected chi connectivity index (χ4v) is 1.94. The van der Waals surface area contributed by atoms with Crippen molar-refractivity contribution >= 4 is 11.5 Å². The first kappa shape index (κ1) is 15.4. The Kier molecular flexibility index (Phi) is 4.58. The first-order chi connectivity index (χ1) is 9.85. The molecule has 4 heteroatoms. The van der Waals surface area contributed by atoms with Crippen molar-refractivity contribution in [3.05, 3.63) is 54.0 Å². The van der Waals surface area contributed by atoms with Crippen molar-refractivity contribution in [2.75, 3.05) is 11.9 Å². The lowest BCUT2D eigenvalue weighted by Crippen LogP contribution is -2.35. The minimum absolute atomic E-state index is 0.0674. The van der Waals surface area contributed by atoms with Crippen molar-refractivity contribution in [3.8, 4) is 0 Å². The molecule has 1 aromatic carbocycles. The van der Waals surface area contributed by atoms with E-state index in [-0.39, 0.29) is 11.4 Å². The molecule has 0 atom stereocenters. The molecule has 112 valence electrons. The Morgan fingerprint density at radius 1 is 1.19 bits per heavy atom. The van der Waals surface area contributed by atoms with Crippen LogP contribution in [0.1, 0.15) is 26.3 Å². The standard InChI is InChI=1S/C17H22FN3/c1-17(2,3)20-12-13-8-9-19-16(10-13)21(4)15-7-5-6-14(18)11-15/h5-11,20H,12H2,1-4H3. The third kappa shape index (κ3) is 4.53. The van der Waals surface area contributed by atoms with Crippen LogP contribution in [0.15, 0.2) is 42.6 Å². The van der Waals surface area contributed by atoms with Crippen molar-refractivity contribution in [1.29, 1.82) is 0 Å². The summed E-state index contributed by atoms with van der Waals surface area (Å²) in [6.07, 6.45) is 1.78. The summed E-state index contributed by atoms with van der Waals surface area (Å²) in [6, 6.07) is 10.5. The molecule has 0 aliphatic heterocycles. The normalized spacial score (nSPS) is 11.5. The molecule has 0 amide bonds. The number of pyridine rings is 1. The molecule has 0 unspecified atom stereocenters. The quantitative estimate of drug-likeness (QED) is 0.925. The molecule has 0 spiro atoms. The van der Waals surface area contributed by atoms with Gasteiger partial charge in [-0.3, -0.25) is 0 Å². The second kappa shape index (κ2) is 6.22. The topological polar surface area (TPSA) is 28.2 Å². The molecular weight excluding hydrogens is 265 g/mol. The maximum absolute atomic E-state index is 13.3. The number of aromatic nitrogens is 1.